The van der Waals surface area contributed by atoms with E-state index in [0.29, 0.717) is 26.1 Å². The van der Waals surface area contributed by atoms with Gasteiger partial charge in [-0.2, -0.15) is 12.7 Å². The zero-order valence-electron chi connectivity index (χ0n) is 25.0. The minimum atomic E-state index is -3.85. The summed E-state index contributed by atoms with van der Waals surface area (Å²) in [5.41, 5.74) is 2.46. The Hall–Kier alpha value is -4.00. The van der Waals surface area contributed by atoms with Gasteiger partial charge < -0.3 is 15.5 Å². The van der Waals surface area contributed by atoms with Crippen LogP contribution < -0.4 is 15.5 Å². The van der Waals surface area contributed by atoms with E-state index in [-0.39, 0.29) is 40.3 Å². The number of pyridine rings is 1. The van der Waals surface area contributed by atoms with Gasteiger partial charge in [0.25, 0.3) is 11.8 Å². The minimum Gasteiger partial charge on any atom is -0.369 e. The number of rotatable bonds is 7. The van der Waals surface area contributed by atoms with E-state index in [2.05, 4.69) is 29.5 Å². The van der Waals surface area contributed by atoms with Crippen molar-refractivity contribution in [3.05, 3.63) is 88.2 Å². The summed E-state index contributed by atoms with van der Waals surface area (Å²) in [6.07, 6.45) is 1.94. The zero-order valence-corrected chi connectivity index (χ0v) is 26.6. The molecule has 3 heterocycles. The Morgan fingerprint density at radius 2 is 1.70 bits per heavy atom. The van der Waals surface area contributed by atoms with E-state index in [4.69, 9.17) is 11.6 Å². The van der Waals surface area contributed by atoms with Gasteiger partial charge >= 0.3 is 10.2 Å². The molecule has 11 nitrogen and oxygen atoms in total. The number of carbonyl (C=O) groups excluding carboxylic acids is 3. The molecule has 5 rings (SSSR count). The maximum Gasteiger partial charge on any atom is 0.306 e. The van der Waals surface area contributed by atoms with Gasteiger partial charge in [0.1, 0.15) is 10.6 Å². The van der Waals surface area contributed by atoms with Crippen molar-refractivity contribution in [2.45, 2.75) is 31.6 Å². The van der Waals surface area contributed by atoms with Crippen LogP contribution in [0.3, 0.4) is 0 Å². The fourth-order valence-corrected chi connectivity index (χ4v) is 7.28. The molecule has 2 aliphatic heterocycles. The van der Waals surface area contributed by atoms with Gasteiger partial charge in [0.15, 0.2) is 0 Å². The molecule has 0 bridgehead atoms. The molecule has 1 aromatic heterocycles. The number of nitrogens with one attached hydrogen (secondary N) is 2. The highest BCUT2D eigenvalue weighted by Gasteiger charge is 2.52. The lowest BCUT2D eigenvalue weighted by molar-refractivity contribution is -0.122. The van der Waals surface area contributed by atoms with E-state index in [9.17, 15) is 22.8 Å². The van der Waals surface area contributed by atoms with Gasteiger partial charge in [0.05, 0.1) is 17.4 Å². The third kappa shape index (κ3) is 5.64. The molecule has 2 saturated heterocycles. The minimum absolute atomic E-state index is 0.128. The van der Waals surface area contributed by atoms with Crippen molar-refractivity contribution in [1.82, 2.24) is 18.9 Å². The van der Waals surface area contributed by atoms with E-state index >= 15 is 0 Å². The quantitative estimate of drug-likeness (QED) is 0.378. The number of nitrogens with zero attached hydrogens (tertiary/aromatic N) is 4. The molecule has 0 radical (unpaired) electrons. The lowest BCUT2D eigenvalue weighted by Gasteiger charge is -2.51. The topological polar surface area (TPSA) is 132 Å². The number of halogens is 1. The molecule has 0 spiro atoms. The number of aromatic nitrogens is 1. The van der Waals surface area contributed by atoms with Crippen LogP contribution >= 0.6 is 11.6 Å². The molecule has 2 aromatic carbocycles. The number of hydrogen-bond acceptors (Lipinski definition) is 7. The lowest BCUT2D eigenvalue weighted by Crippen LogP contribution is -2.65. The molecule has 0 atom stereocenters. The van der Waals surface area contributed by atoms with Crippen molar-refractivity contribution in [3.63, 3.8) is 0 Å². The van der Waals surface area contributed by atoms with Gasteiger partial charge in [0.2, 0.25) is 5.91 Å². The average molecular weight is 639 g/mol. The number of amides is 3. The molecule has 2 N–H and O–H groups in total. The van der Waals surface area contributed by atoms with Crippen molar-refractivity contribution in [3.8, 4) is 0 Å². The van der Waals surface area contributed by atoms with Crippen LogP contribution in [-0.2, 0) is 20.4 Å². The van der Waals surface area contributed by atoms with Crippen LogP contribution in [0.4, 0.5) is 11.4 Å². The van der Waals surface area contributed by atoms with E-state index in [1.54, 1.807) is 24.3 Å². The molecule has 2 fully saturated rings. The van der Waals surface area contributed by atoms with Gasteiger partial charge in [-0.05, 0) is 53.8 Å². The molecule has 0 saturated carbocycles. The van der Waals surface area contributed by atoms with Crippen molar-refractivity contribution in [2.75, 3.05) is 50.5 Å². The Morgan fingerprint density at radius 1 is 1.02 bits per heavy atom. The van der Waals surface area contributed by atoms with Gasteiger partial charge in [-0.1, -0.05) is 49.7 Å². The Labute approximate surface area is 262 Å². The van der Waals surface area contributed by atoms with E-state index < -0.39 is 27.4 Å². The van der Waals surface area contributed by atoms with Gasteiger partial charge in [0, 0.05) is 51.5 Å². The molecule has 13 heteroatoms. The molecular weight excluding hydrogens is 604 g/mol. The van der Waals surface area contributed by atoms with Crippen LogP contribution in [0.1, 0.15) is 58.0 Å². The first-order valence-corrected chi connectivity index (χ1v) is 16.1. The highest BCUT2D eigenvalue weighted by Crippen LogP contribution is 2.42. The Kier molecular flexibility index (Phi) is 8.70. The second-order valence-electron chi connectivity index (χ2n) is 11.4. The van der Waals surface area contributed by atoms with Crippen LogP contribution in [0.5, 0.6) is 0 Å². The Balaban J connectivity index is 1.43. The Morgan fingerprint density at radius 3 is 2.36 bits per heavy atom. The molecule has 44 heavy (non-hydrogen) atoms. The van der Waals surface area contributed by atoms with Crippen LogP contribution in [-0.4, -0.2) is 80.0 Å². The summed E-state index contributed by atoms with van der Waals surface area (Å²) in [6, 6.07) is 16.0. The van der Waals surface area contributed by atoms with Crippen molar-refractivity contribution in [2.24, 2.45) is 0 Å². The SMILES string of the molecule is CNC(=O)c1cc(Cl)ncc1NC(=O)C1(c2ccccc2C(C)C)CN(c2ccc(C(=O)N3CCCN(C)S3(=O)=O)cc2)C1. The summed E-state index contributed by atoms with van der Waals surface area (Å²) in [5, 5.41) is 5.64. The van der Waals surface area contributed by atoms with Crippen LogP contribution in [0.15, 0.2) is 60.8 Å². The molecule has 232 valence electrons. The number of hydrogen-bond donors (Lipinski definition) is 2. The van der Waals surface area contributed by atoms with Crippen LogP contribution in [0, 0.1) is 0 Å². The zero-order chi connectivity index (χ0) is 31.8. The van der Waals surface area contributed by atoms with Crippen LogP contribution in [0.2, 0.25) is 5.15 Å². The third-order valence-corrected chi connectivity index (χ3v) is 10.3. The van der Waals surface area contributed by atoms with E-state index in [1.807, 2.05) is 29.2 Å². The second kappa shape index (κ2) is 12.2. The highest BCUT2D eigenvalue weighted by atomic mass is 35.5. The summed E-state index contributed by atoms with van der Waals surface area (Å²) in [4.78, 5) is 45.9. The predicted molar refractivity (Wildman–Crippen MR) is 169 cm³/mol. The summed E-state index contributed by atoms with van der Waals surface area (Å²) in [7, 11) is -0.892. The summed E-state index contributed by atoms with van der Waals surface area (Å²) >= 11 is 6.05. The molecule has 3 amide bonds. The maximum absolute atomic E-state index is 14.2. The number of benzene rings is 2. The third-order valence-electron chi connectivity index (χ3n) is 8.26. The largest absolute Gasteiger partial charge is 0.369 e. The number of carbonyl (C=O) groups is 3. The maximum atomic E-state index is 14.2. The smallest absolute Gasteiger partial charge is 0.306 e. The molecule has 3 aromatic rings. The standard InChI is InChI=1S/C31H35ClN6O5S/c1-20(2)23-8-5-6-9-25(23)31(30(41)35-26-17-34-27(32)16-24(26)28(39)33-3)18-37(19-31)22-12-10-21(11-13-22)29(40)38-15-7-14-36(4)44(38,42)43/h5-6,8-13,16-17,20H,7,14-15,18-19H2,1-4H3,(H,33,39)(H,35,41). The molecular formula is C31H35ClN6O5S. The first-order chi connectivity index (χ1) is 20.9. The highest BCUT2D eigenvalue weighted by molar-refractivity contribution is 7.87. The summed E-state index contributed by atoms with van der Waals surface area (Å²) in [6.45, 7) is 5.32. The monoisotopic (exact) mass is 638 g/mol. The first kappa shape index (κ1) is 31.4. The molecule has 0 unspecified atom stereocenters. The van der Waals surface area contributed by atoms with Crippen molar-refractivity contribution in [1.29, 1.82) is 0 Å². The lowest BCUT2D eigenvalue weighted by atomic mass is 9.69. The summed E-state index contributed by atoms with van der Waals surface area (Å²) < 4.78 is 27.4. The van der Waals surface area contributed by atoms with Crippen molar-refractivity contribution < 1.29 is 22.8 Å². The van der Waals surface area contributed by atoms with Crippen molar-refractivity contribution >= 4 is 50.9 Å². The molecule has 2 aliphatic rings. The number of anilines is 2. The van der Waals surface area contributed by atoms with E-state index in [1.165, 1.54) is 30.7 Å². The second-order valence-corrected chi connectivity index (χ2v) is 13.7. The van der Waals surface area contributed by atoms with Gasteiger partial charge in [-0.25, -0.2) is 9.29 Å². The molecule has 0 aliphatic carbocycles. The predicted octanol–water partition coefficient (Wildman–Crippen LogP) is 3.64. The van der Waals surface area contributed by atoms with E-state index in [0.717, 1.165) is 21.1 Å². The fourth-order valence-electron chi connectivity index (χ4n) is 5.76. The van der Waals surface area contributed by atoms with Gasteiger partial charge in [-0.3, -0.25) is 14.4 Å². The first-order valence-electron chi connectivity index (χ1n) is 14.3. The van der Waals surface area contributed by atoms with Gasteiger partial charge in [-0.15, -0.1) is 0 Å². The van der Waals surface area contributed by atoms with Crippen LogP contribution in [0.25, 0.3) is 0 Å². The fraction of sp³-hybridized carbons (Fsp3) is 0.355. The Bertz CT molecular complexity index is 1710. The normalized spacial score (nSPS) is 17.6. The summed E-state index contributed by atoms with van der Waals surface area (Å²) in [5.74, 6) is -1.12. The average Bonchev–Trinajstić information content (AvgIpc) is 2.98.